The Balaban J connectivity index is 1.41. The van der Waals surface area contributed by atoms with E-state index in [4.69, 9.17) is 17.3 Å². The number of nitrogens with two attached hydrogens (primary N) is 1. The number of nitrogens with zero attached hydrogens (tertiary/aromatic N) is 8. The van der Waals surface area contributed by atoms with Crippen molar-refractivity contribution in [2.45, 2.75) is 38.6 Å². The van der Waals surface area contributed by atoms with Crippen molar-refractivity contribution in [3.63, 3.8) is 0 Å². The summed E-state index contributed by atoms with van der Waals surface area (Å²) < 4.78 is 4.77. The average molecular weight is 613 g/mol. The van der Waals surface area contributed by atoms with Gasteiger partial charge in [0, 0.05) is 41.4 Å². The maximum Gasteiger partial charge on any atom is 0.254 e. The highest BCUT2D eigenvalue weighted by molar-refractivity contribution is 6.31. The molecule has 0 aliphatic carbocycles. The first kappa shape index (κ1) is 28.9. The van der Waals surface area contributed by atoms with Gasteiger partial charge in [0.05, 0.1) is 65.3 Å². The Morgan fingerprint density at radius 2 is 1.98 bits per heavy atom. The van der Waals surface area contributed by atoms with Gasteiger partial charge in [0.1, 0.15) is 0 Å². The summed E-state index contributed by atoms with van der Waals surface area (Å²) in [5.74, 6) is -0.850. The van der Waals surface area contributed by atoms with Crippen molar-refractivity contribution in [2.75, 3.05) is 5.32 Å². The Hall–Kier alpha value is -5.17. The number of hydrogen-bond acceptors (Lipinski definition) is 8. The molecule has 4 aromatic heterocycles. The third kappa shape index (κ3) is 5.73. The molecule has 0 unspecified atom stereocenters. The third-order valence-electron chi connectivity index (χ3n) is 7.70. The van der Waals surface area contributed by atoms with E-state index in [1.807, 2.05) is 26.1 Å². The number of amides is 2. The normalized spacial score (nSPS) is 16.8. The number of primary amides is 1. The van der Waals surface area contributed by atoms with Gasteiger partial charge in [0.25, 0.3) is 5.56 Å². The molecule has 0 saturated carbocycles. The predicted molar refractivity (Wildman–Crippen MR) is 163 cm³/mol. The molecule has 0 fully saturated rings. The molecule has 5 heterocycles. The van der Waals surface area contributed by atoms with Crippen LogP contribution in [-0.2, 0) is 23.1 Å². The smallest absolute Gasteiger partial charge is 0.254 e. The first-order chi connectivity index (χ1) is 21.2. The number of aromatic nitrogens is 8. The van der Waals surface area contributed by atoms with Crippen LogP contribution in [-0.4, -0.2) is 51.1 Å². The van der Waals surface area contributed by atoms with Gasteiger partial charge in [-0.25, -0.2) is 9.67 Å². The molecule has 2 bridgehead atoms. The average Bonchev–Trinajstić information content (AvgIpc) is 3.60. The standard InChI is InChI=1S/C30H29ClN10O3/c1-17-4-3-5-26(23-10-18(8-9-33-23)29-24(36-30(17)44)14-35-39(29)2)40-16-34-22(13-28(40)43)21-11-19(31)6-7-25(21)41-15-20(37-38-41)12-27(32)42/h6-11,13-17,26H,3-5,12H2,1-2H3,(H2,32,42)(H,36,44)/t17-,26+/m1/s1. The Morgan fingerprint density at radius 1 is 1.14 bits per heavy atom. The van der Waals surface area contributed by atoms with Crippen LogP contribution in [0.15, 0.2) is 66.1 Å². The summed E-state index contributed by atoms with van der Waals surface area (Å²) in [6.07, 6.45) is 8.25. The molecule has 14 heteroatoms. The molecule has 6 rings (SSSR count). The van der Waals surface area contributed by atoms with Crippen molar-refractivity contribution >= 4 is 29.1 Å². The molecule has 13 nitrogen and oxygen atoms in total. The van der Waals surface area contributed by atoms with Gasteiger partial charge in [0.15, 0.2) is 0 Å². The number of carbonyl (C=O) groups is 2. The van der Waals surface area contributed by atoms with E-state index in [2.05, 4.69) is 30.7 Å². The molecular weight excluding hydrogens is 584 g/mol. The van der Waals surface area contributed by atoms with Crippen molar-refractivity contribution in [3.05, 3.63) is 88.1 Å². The third-order valence-corrected chi connectivity index (χ3v) is 7.94. The largest absolute Gasteiger partial charge is 0.369 e. The first-order valence-electron chi connectivity index (χ1n) is 14.0. The first-order valence-corrected chi connectivity index (χ1v) is 14.4. The Kier molecular flexibility index (Phi) is 7.78. The van der Waals surface area contributed by atoms with Crippen LogP contribution < -0.4 is 16.6 Å². The van der Waals surface area contributed by atoms with E-state index in [1.165, 1.54) is 17.1 Å². The number of nitrogens with one attached hydrogen (secondary N) is 1. The second-order valence-corrected chi connectivity index (χ2v) is 11.3. The van der Waals surface area contributed by atoms with Crippen LogP contribution in [0.4, 0.5) is 5.69 Å². The summed E-state index contributed by atoms with van der Waals surface area (Å²) in [5, 5.41) is 16.0. The molecule has 2 amide bonds. The Bertz CT molecular complexity index is 1950. The lowest BCUT2D eigenvalue weighted by molar-refractivity contribution is -0.119. The number of aryl methyl sites for hydroxylation is 1. The predicted octanol–water partition coefficient (Wildman–Crippen LogP) is 3.32. The molecule has 1 aromatic carbocycles. The zero-order valence-electron chi connectivity index (χ0n) is 24.0. The molecule has 2 atom stereocenters. The monoisotopic (exact) mass is 612 g/mol. The van der Waals surface area contributed by atoms with Gasteiger partial charge in [-0.05, 0) is 43.2 Å². The van der Waals surface area contributed by atoms with E-state index in [9.17, 15) is 14.4 Å². The molecule has 5 aromatic rings. The fourth-order valence-electron chi connectivity index (χ4n) is 5.46. The zero-order chi connectivity index (χ0) is 31.0. The zero-order valence-corrected chi connectivity index (χ0v) is 24.8. The number of pyridine rings is 1. The second-order valence-electron chi connectivity index (χ2n) is 10.8. The quantitative estimate of drug-likeness (QED) is 0.305. The van der Waals surface area contributed by atoms with Crippen molar-refractivity contribution in [1.29, 1.82) is 0 Å². The fraction of sp³-hybridized carbons (Fsp3) is 0.267. The molecule has 1 aliphatic rings. The maximum atomic E-state index is 13.8. The molecular formula is C30H29ClN10O3. The number of carbonyl (C=O) groups excluding carboxylic acids is 2. The lowest BCUT2D eigenvalue weighted by Crippen LogP contribution is -2.27. The fourth-order valence-corrected chi connectivity index (χ4v) is 5.64. The van der Waals surface area contributed by atoms with Gasteiger partial charge in [-0.2, -0.15) is 5.10 Å². The minimum Gasteiger partial charge on any atom is -0.369 e. The van der Waals surface area contributed by atoms with E-state index in [1.54, 1.807) is 46.0 Å². The van der Waals surface area contributed by atoms with Crippen LogP contribution in [0.2, 0.25) is 5.02 Å². The van der Waals surface area contributed by atoms with Gasteiger partial charge >= 0.3 is 0 Å². The van der Waals surface area contributed by atoms with Crippen molar-refractivity contribution < 1.29 is 9.59 Å². The van der Waals surface area contributed by atoms with Gasteiger partial charge in [-0.3, -0.25) is 28.6 Å². The lowest BCUT2D eigenvalue weighted by Gasteiger charge is -2.22. The summed E-state index contributed by atoms with van der Waals surface area (Å²) in [6, 6.07) is 9.91. The Labute approximate surface area is 256 Å². The van der Waals surface area contributed by atoms with Crippen molar-refractivity contribution in [1.82, 2.24) is 39.3 Å². The Morgan fingerprint density at radius 3 is 2.77 bits per heavy atom. The maximum absolute atomic E-state index is 13.8. The molecule has 44 heavy (non-hydrogen) atoms. The number of halogens is 1. The molecule has 0 saturated heterocycles. The van der Waals surface area contributed by atoms with Crippen LogP contribution in [0.3, 0.4) is 0 Å². The van der Waals surface area contributed by atoms with E-state index < -0.39 is 11.9 Å². The summed E-state index contributed by atoms with van der Waals surface area (Å²) in [4.78, 5) is 47.4. The summed E-state index contributed by atoms with van der Waals surface area (Å²) >= 11 is 6.35. The van der Waals surface area contributed by atoms with Crippen LogP contribution in [0.25, 0.3) is 28.2 Å². The summed E-state index contributed by atoms with van der Waals surface area (Å²) in [6.45, 7) is 1.89. The number of hydrogen-bond donors (Lipinski definition) is 2. The van der Waals surface area contributed by atoms with Crippen LogP contribution in [0.1, 0.15) is 43.6 Å². The number of anilines is 1. The van der Waals surface area contributed by atoms with Gasteiger partial charge in [-0.15, -0.1) is 5.10 Å². The highest BCUT2D eigenvalue weighted by Crippen LogP contribution is 2.33. The molecule has 3 N–H and O–H groups in total. The number of benzene rings is 1. The molecule has 0 spiro atoms. The van der Waals surface area contributed by atoms with E-state index in [-0.39, 0.29) is 23.8 Å². The molecule has 1 aliphatic heterocycles. The number of rotatable bonds is 5. The van der Waals surface area contributed by atoms with Crippen LogP contribution >= 0.6 is 11.6 Å². The van der Waals surface area contributed by atoms with E-state index >= 15 is 0 Å². The molecule has 224 valence electrons. The van der Waals surface area contributed by atoms with Gasteiger partial charge < -0.3 is 11.1 Å². The SMILES string of the molecule is C[C@@H]1CCC[C@H](n2cnc(-c3cc(Cl)ccc3-n3cc(CC(N)=O)nn3)cc2=O)c2cc(ccn2)-c2c(cnn2C)NC1=O. The minimum absolute atomic E-state index is 0.0563. The van der Waals surface area contributed by atoms with Crippen LogP contribution in [0.5, 0.6) is 0 Å². The van der Waals surface area contributed by atoms with E-state index in [0.29, 0.717) is 58.3 Å². The van der Waals surface area contributed by atoms with E-state index in [0.717, 1.165) is 11.3 Å². The highest BCUT2D eigenvalue weighted by atomic mass is 35.5. The lowest BCUT2D eigenvalue weighted by atomic mass is 9.97. The van der Waals surface area contributed by atoms with Gasteiger partial charge in [0.2, 0.25) is 11.8 Å². The topological polar surface area (TPSA) is 168 Å². The van der Waals surface area contributed by atoms with Crippen LogP contribution in [0, 0.1) is 5.92 Å². The second kappa shape index (κ2) is 11.8. The minimum atomic E-state index is -0.524. The highest BCUT2D eigenvalue weighted by Gasteiger charge is 2.24. The summed E-state index contributed by atoms with van der Waals surface area (Å²) in [5.41, 5.74) is 9.81. The molecule has 0 radical (unpaired) electrons. The van der Waals surface area contributed by atoms with Gasteiger partial charge in [-0.1, -0.05) is 30.2 Å². The van der Waals surface area contributed by atoms with Crippen molar-refractivity contribution in [3.8, 4) is 28.2 Å². The summed E-state index contributed by atoms with van der Waals surface area (Å²) in [7, 11) is 1.81. The van der Waals surface area contributed by atoms with Crippen molar-refractivity contribution in [2.24, 2.45) is 18.7 Å². The number of fused-ring (bicyclic) bond motifs is 4.